The van der Waals surface area contributed by atoms with E-state index in [1.165, 1.54) is 28.0 Å². The SMILES string of the molecule is CN(C)c1ccc([C@H]2OC[C@]3(C)C(=O)CCC3C3CCC4=CC5(CCC4=C32)OCCO5)cc1. The Morgan fingerprint density at radius 1 is 1.00 bits per heavy atom. The fourth-order valence-electron chi connectivity index (χ4n) is 7.10. The van der Waals surface area contributed by atoms with Gasteiger partial charge in [0.15, 0.2) is 5.79 Å². The molecule has 6 rings (SSSR count). The molecule has 0 bridgehead atoms. The van der Waals surface area contributed by atoms with Crippen LogP contribution in [0.15, 0.2) is 47.1 Å². The summed E-state index contributed by atoms with van der Waals surface area (Å²) in [7, 11) is 4.13. The minimum atomic E-state index is -0.529. The molecule has 2 saturated heterocycles. The largest absolute Gasteiger partial charge is 0.378 e. The summed E-state index contributed by atoms with van der Waals surface area (Å²) in [4.78, 5) is 15.1. The molecule has 0 radical (unpaired) electrons. The Morgan fingerprint density at radius 3 is 2.48 bits per heavy atom. The lowest BCUT2D eigenvalue weighted by atomic mass is 9.63. The number of anilines is 1. The highest BCUT2D eigenvalue weighted by Gasteiger charge is 2.55. The molecule has 1 aromatic rings. The van der Waals surface area contributed by atoms with Crippen molar-refractivity contribution in [1.29, 1.82) is 0 Å². The highest BCUT2D eigenvalue weighted by atomic mass is 16.7. The van der Waals surface area contributed by atoms with Crippen LogP contribution >= 0.6 is 0 Å². The van der Waals surface area contributed by atoms with Gasteiger partial charge in [-0.3, -0.25) is 4.79 Å². The van der Waals surface area contributed by atoms with Crippen LogP contribution in [0.3, 0.4) is 0 Å². The van der Waals surface area contributed by atoms with E-state index in [1.54, 1.807) is 0 Å². The molecule has 1 spiro atoms. The summed E-state index contributed by atoms with van der Waals surface area (Å²) in [6, 6.07) is 8.77. The molecule has 2 aliphatic heterocycles. The van der Waals surface area contributed by atoms with E-state index in [0.717, 1.165) is 32.1 Å². The number of ketones is 1. The van der Waals surface area contributed by atoms with Gasteiger partial charge in [0.1, 0.15) is 11.9 Å². The average molecular weight is 450 g/mol. The van der Waals surface area contributed by atoms with Gasteiger partial charge in [-0.25, -0.2) is 0 Å². The Labute approximate surface area is 196 Å². The first kappa shape index (κ1) is 21.6. The van der Waals surface area contributed by atoms with Gasteiger partial charge < -0.3 is 19.1 Å². The van der Waals surface area contributed by atoms with Crippen molar-refractivity contribution in [1.82, 2.24) is 0 Å². The van der Waals surface area contributed by atoms with Gasteiger partial charge in [0.2, 0.25) is 0 Å². The molecule has 176 valence electrons. The van der Waals surface area contributed by atoms with Crippen molar-refractivity contribution >= 4 is 11.5 Å². The molecule has 1 saturated carbocycles. The Balaban J connectivity index is 1.47. The summed E-state index contributed by atoms with van der Waals surface area (Å²) >= 11 is 0. The summed E-state index contributed by atoms with van der Waals surface area (Å²) < 4.78 is 18.8. The minimum absolute atomic E-state index is 0.0976. The van der Waals surface area contributed by atoms with Crippen LogP contribution in [0.5, 0.6) is 0 Å². The van der Waals surface area contributed by atoms with Crippen LogP contribution in [0.1, 0.15) is 57.1 Å². The average Bonchev–Trinajstić information content (AvgIpc) is 3.34. The monoisotopic (exact) mass is 449 g/mol. The van der Waals surface area contributed by atoms with Crippen molar-refractivity contribution in [2.45, 2.75) is 57.3 Å². The van der Waals surface area contributed by atoms with Gasteiger partial charge >= 0.3 is 0 Å². The highest BCUT2D eigenvalue weighted by molar-refractivity contribution is 5.87. The summed E-state index contributed by atoms with van der Waals surface area (Å²) in [5.41, 5.74) is 6.26. The molecule has 5 aliphatic rings. The topological polar surface area (TPSA) is 48.0 Å². The first-order chi connectivity index (χ1) is 15.9. The quantitative estimate of drug-likeness (QED) is 0.637. The van der Waals surface area contributed by atoms with Gasteiger partial charge in [0, 0.05) is 32.6 Å². The second-order valence-electron chi connectivity index (χ2n) is 10.9. The Bertz CT molecular complexity index is 1020. The number of nitrogens with zero attached hydrogens (tertiary/aromatic N) is 1. The molecule has 1 aromatic carbocycles. The molecule has 4 atom stereocenters. The number of benzene rings is 1. The van der Waals surface area contributed by atoms with Gasteiger partial charge in [-0.2, -0.15) is 0 Å². The standard InChI is InChI=1S/C28H35NO4/c1-27-17-31-26(18-4-7-20(8-5-18)29(2)3)25-21-12-13-28(32-14-15-33-28)16-19(21)6-9-22(25)23(27)10-11-24(27)30/h4-5,7-8,16,22-23,26H,6,9-15,17H2,1-3H3/t22?,23?,26-,27+/m1/s1. The van der Waals surface area contributed by atoms with E-state index < -0.39 is 5.79 Å². The fourth-order valence-corrected chi connectivity index (χ4v) is 7.10. The lowest BCUT2D eigenvalue weighted by Crippen LogP contribution is -2.37. The van der Waals surface area contributed by atoms with E-state index in [2.05, 4.69) is 56.3 Å². The number of rotatable bonds is 2. The van der Waals surface area contributed by atoms with E-state index >= 15 is 0 Å². The van der Waals surface area contributed by atoms with Crippen LogP contribution < -0.4 is 4.90 Å². The molecule has 2 heterocycles. The van der Waals surface area contributed by atoms with Gasteiger partial charge in [-0.1, -0.05) is 19.1 Å². The number of Topliss-reactive ketones (excluding diaryl/α,β-unsaturated/α-hetero) is 1. The van der Waals surface area contributed by atoms with E-state index in [-0.39, 0.29) is 11.5 Å². The zero-order valence-corrected chi connectivity index (χ0v) is 20.1. The van der Waals surface area contributed by atoms with E-state index in [0.29, 0.717) is 43.9 Å². The zero-order valence-electron chi connectivity index (χ0n) is 20.1. The summed E-state index contributed by atoms with van der Waals surface area (Å²) in [6.07, 6.45) is 7.76. The fraction of sp³-hybridized carbons (Fsp3) is 0.607. The Kier molecular flexibility index (Phi) is 5.09. The molecule has 3 aliphatic carbocycles. The molecule has 0 N–H and O–H groups in total. The Hall–Kier alpha value is -1.95. The van der Waals surface area contributed by atoms with E-state index in [1.807, 2.05) is 0 Å². The molecule has 3 fully saturated rings. The third-order valence-corrected chi connectivity index (χ3v) is 8.92. The molecule has 5 heteroatoms. The number of carbonyl (C=O) groups excluding carboxylic acids is 1. The van der Waals surface area contributed by atoms with Crippen LogP contribution in [0.25, 0.3) is 0 Å². The number of hydrogen-bond acceptors (Lipinski definition) is 5. The smallest absolute Gasteiger partial charge is 0.188 e. The van der Waals surface area contributed by atoms with Crippen molar-refractivity contribution in [3.63, 3.8) is 0 Å². The Morgan fingerprint density at radius 2 is 1.76 bits per heavy atom. The third kappa shape index (κ3) is 3.35. The minimum Gasteiger partial charge on any atom is -0.378 e. The van der Waals surface area contributed by atoms with Crippen molar-refractivity contribution in [3.05, 3.63) is 52.6 Å². The van der Waals surface area contributed by atoms with Gasteiger partial charge in [0.25, 0.3) is 0 Å². The maximum atomic E-state index is 13.0. The maximum Gasteiger partial charge on any atom is 0.188 e. The van der Waals surface area contributed by atoms with Crippen LogP contribution in [0, 0.1) is 17.3 Å². The lowest BCUT2D eigenvalue weighted by Gasteiger charge is -2.41. The molecule has 33 heavy (non-hydrogen) atoms. The highest BCUT2D eigenvalue weighted by Crippen LogP contribution is 2.58. The number of allylic oxidation sites excluding steroid dienone is 2. The first-order valence-electron chi connectivity index (χ1n) is 12.6. The van der Waals surface area contributed by atoms with Gasteiger partial charge in [-0.15, -0.1) is 0 Å². The summed E-state index contributed by atoms with van der Waals surface area (Å²) in [6.45, 7) is 4.02. The number of hydrogen-bond donors (Lipinski definition) is 0. The van der Waals surface area contributed by atoms with Crippen LogP contribution in [-0.2, 0) is 19.0 Å². The maximum absolute atomic E-state index is 13.0. The second-order valence-corrected chi connectivity index (χ2v) is 10.9. The van der Waals surface area contributed by atoms with Gasteiger partial charge in [-0.05, 0) is 78.0 Å². The molecular weight excluding hydrogens is 414 g/mol. The first-order valence-corrected chi connectivity index (χ1v) is 12.6. The van der Waals surface area contributed by atoms with Crippen LogP contribution in [0.4, 0.5) is 5.69 Å². The van der Waals surface area contributed by atoms with Crippen molar-refractivity contribution in [2.75, 3.05) is 38.8 Å². The molecule has 5 nitrogen and oxygen atoms in total. The van der Waals surface area contributed by atoms with Gasteiger partial charge in [0.05, 0.1) is 25.2 Å². The predicted octanol–water partition coefficient (Wildman–Crippen LogP) is 4.98. The third-order valence-electron chi connectivity index (χ3n) is 8.92. The van der Waals surface area contributed by atoms with E-state index in [4.69, 9.17) is 14.2 Å². The zero-order chi connectivity index (χ0) is 22.8. The van der Waals surface area contributed by atoms with Crippen molar-refractivity contribution < 1.29 is 19.0 Å². The summed E-state index contributed by atoms with van der Waals surface area (Å²) in [5.74, 6) is 0.625. The normalized spacial score (nSPS) is 35.1. The van der Waals surface area contributed by atoms with E-state index in [9.17, 15) is 4.79 Å². The second kappa shape index (κ2) is 7.79. The molecule has 2 unspecified atom stereocenters. The lowest BCUT2D eigenvalue weighted by molar-refractivity contribution is -0.130. The van der Waals surface area contributed by atoms with Crippen molar-refractivity contribution in [2.24, 2.45) is 17.3 Å². The molecule has 0 amide bonds. The number of fused-ring (bicyclic) bond motifs is 4. The number of carbonyl (C=O) groups is 1. The summed E-state index contributed by atoms with van der Waals surface area (Å²) in [5, 5.41) is 0. The van der Waals surface area contributed by atoms with Crippen LogP contribution in [0.2, 0.25) is 0 Å². The predicted molar refractivity (Wildman–Crippen MR) is 127 cm³/mol. The number of ether oxygens (including phenoxy) is 3. The van der Waals surface area contributed by atoms with Crippen LogP contribution in [-0.4, -0.2) is 45.5 Å². The van der Waals surface area contributed by atoms with Crippen molar-refractivity contribution in [3.8, 4) is 0 Å². The molecular formula is C28H35NO4. The molecule has 0 aromatic heterocycles.